The summed E-state index contributed by atoms with van der Waals surface area (Å²) in [5, 5.41) is 8.34. The van der Waals surface area contributed by atoms with E-state index in [9.17, 15) is 0 Å². The minimum absolute atomic E-state index is 0.708. The van der Waals surface area contributed by atoms with Crippen LogP contribution in [0.1, 0.15) is 19.3 Å². The molecule has 0 aliphatic rings. The van der Waals surface area contributed by atoms with Crippen LogP contribution in [0.15, 0.2) is 0 Å². The van der Waals surface area contributed by atoms with Crippen LogP contribution in [0.2, 0.25) is 19.6 Å². The van der Waals surface area contributed by atoms with E-state index in [0.717, 1.165) is 19.4 Å². The molecule has 0 saturated carbocycles. The highest BCUT2D eigenvalue weighted by atomic mass is 28.3. The number of nitriles is 1. The predicted molar refractivity (Wildman–Crippen MR) is 55.4 cm³/mol. The number of hydrogen-bond acceptors (Lipinski definition) is 2. The lowest BCUT2D eigenvalue weighted by molar-refractivity contribution is 0.484. The largest absolute Gasteiger partial charge is 0.327 e. The molecule has 70 valence electrons. The summed E-state index contributed by atoms with van der Waals surface area (Å²) in [6.07, 6.45) is 2.92. The van der Waals surface area contributed by atoms with Crippen molar-refractivity contribution in [1.82, 2.24) is 4.57 Å². The van der Waals surface area contributed by atoms with Crippen molar-refractivity contribution in [3.05, 3.63) is 0 Å². The minimum atomic E-state index is -1.07. The highest BCUT2D eigenvalue weighted by molar-refractivity contribution is 6.73. The van der Waals surface area contributed by atoms with Gasteiger partial charge in [0.1, 0.15) is 8.24 Å². The van der Waals surface area contributed by atoms with Crippen LogP contribution in [0.4, 0.5) is 0 Å². The summed E-state index contributed by atoms with van der Waals surface area (Å²) >= 11 is 0. The Morgan fingerprint density at radius 3 is 2.25 bits per heavy atom. The van der Waals surface area contributed by atoms with Crippen molar-refractivity contribution >= 4 is 8.24 Å². The summed E-state index contributed by atoms with van der Waals surface area (Å²) < 4.78 is 2.46. The van der Waals surface area contributed by atoms with Crippen LogP contribution in [-0.4, -0.2) is 26.4 Å². The van der Waals surface area contributed by atoms with Crippen molar-refractivity contribution < 1.29 is 0 Å². The molecule has 0 atom stereocenters. The Morgan fingerprint density at radius 2 is 1.83 bits per heavy atom. The van der Waals surface area contributed by atoms with Crippen LogP contribution in [0.5, 0.6) is 0 Å². The lowest BCUT2D eigenvalue weighted by Gasteiger charge is -2.29. The van der Waals surface area contributed by atoms with Crippen molar-refractivity contribution in [2.75, 3.05) is 13.6 Å². The fourth-order valence-electron chi connectivity index (χ4n) is 0.888. The molecule has 0 fully saturated rings. The Kier molecular flexibility index (Phi) is 5.19. The molecule has 0 heterocycles. The molecule has 0 aromatic heterocycles. The Morgan fingerprint density at radius 1 is 1.25 bits per heavy atom. The second-order valence-corrected chi connectivity index (χ2v) is 9.31. The van der Waals surface area contributed by atoms with Gasteiger partial charge in [-0.25, -0.2) is 0 Å². The van der Waals surface area contributed by atoms with Gasteiger partial charge in [0.2, 0.25) is 0 Å². The highest BCUT2D eigenvalue weighted by Gasteiger charge is 2.18. The van der Waals surface area contributed by atoms with Gasteiger partial charge in [-0.2, -0.15) is 5.26 Å². The molecular formula is C9H20N2Si. The zero-order chi connectivity index (χ0) is 9.61. The zero-order valence-corrected chi connectivity index (χ0v) is 9.72. The maximum absolute atomic E-state index is 8.34. The molecule has 12 heavy (non-hydrogen) atoms. The van der Waals surface area contributed by atoms with Crippen molar-refractivity contribution in [2.24, 2.45) is 0 Å². The third kappa shape index (κ3) is 5.33. The molecule has 0 saturated heterocycles. The SMILES string of the molecule is CN(CCCCC#N)[Si](C)(C)C. The molecule has 0 aliphatic heterocycles. The van der Waals surface area contributed by atoms with Crippen LogP contribution in [0, 0.1) is 11.3 Å². The van der Waals surface area contributed by atoms with E-state index in [1.165, 1.54) is 0 Å². The van der Waals surface area contributed by atoms with Gasteiger partial charge in [-0.05, 0) is 26.4 Å². The van der Waals surface area contributed by atoms with Crippen LogP contribution >= 0.6 is 0 Å². The van der Waals surface area contributed by atoms with Crippen molar-refractivity contribution in [2.45, 2.75) is 38.9 Å². The summed E-state index contributed by atoms with van der Waals surface area (Å²) in [5.74, 6) is 0. The normalized spacial score (nSPS) is 11.7. The Hall–Kier alpha value is -0.333. The number of nitrogens with zero attached hydrogens (tertiary/aromatic N) is 2. The van der Waals surface area contributed by atoms with Crippen LogP contribution in [-0.2, 0) is 0 Å². The summed E-state index contributed by atoms with van der Waals surface area (Å²) in [6.45, 7) is 8.18. The first-order chi connectivity index (χ1) is 5.48. The third-order valence-electron chi connectivity index (χ3n) is 2.18. The van der Waals surface area contributed by atoms with Gasteiger partial charge in [-0.3, -0.25) is 0 Å². The van der Waals surface area contributed by atoms with Crippen molar-refractivity contribution in [1.29, 1.82) is 5.26 Å². The molecule has 0 bridgehead atoms. The average molecular weight is 184 g/mol. The standard InChI is InChI=1S/C9H20N2Si/c1-11(12(2,3)4)9-7-5-6-8-10/h5-7,9H2,1-4H3. The third-order valence-corrected chi connectivity index (χ3v) is 4.69. The Bertz CT molecular complexity index is 155. The number of rotatable bonds is 5. The van der Waals surface area contributed by atoms with E-state index in [-0.39, 0.29) is 0 Å². The molecule has 0 unspecified atom stereocenters. The van der Waals surface area contributed by atoms with E-state index in [0.29, 0.717) is 6.42 Å². The molecule has 0 aromatic carbocycles. The zero-order valence-electron chi connectivity index (χ0n) is 8.72. The van der Waals surface area contributed by atoms with Gasteiger partial charge in [0, 0.05) is 6.42 Å². The summed E-state index contributed by atoms with van der Waals surface area (Å²) in [5.41, 5.74) is 0. The van der Waals surface area contributed by atoms with Crippen LogP contribution in [0.25, 0.3) is 0 Å². The topological polar surface area (TPSA) is 27.0 Å². The van der Waals surface area contributed by atoms with Crippen molar-refractivity contribution in [3.8, 4) is 6.07 Å². The van der Waals surface area contributed by atoms with E-state index < -0.39 is 8.24 Å². The predicted octanol–water partition coefficient (Wildman–Crippen LogP) is 2.45. The number of unbranched alkanes of at least 4 members (excludes halogenated alkanes) is 2. The average Bonchev–Trinajstić information content (AvgIpc) is 1.96. The van der Waals surface area contributed by atoms with E-state index >= 15 is 0 Å². The smallest absolute Gasteiger partial charge is 0.118 e. The lowest BCUT2D eigenvalue weighted by atomic mass is 10.2. The van der Waals surface area contributed by atoms with Crippen LogP contribution < -0.4 is 0 Å². The molecule has 3 heteroatoms. The Balaban J connectivity index is 3.46. The van der Waals surface area contributed by atoms with E-state index in [2.05, 4.69) is 37.3 Å². The van der Waals surface area contributed by atoms with E-state index in [4.69, 9.17) is 5.26 Å². The molecule has 2 nitrogen and oxygen atoms in total. The molecule has 0 radical (unpaired) electrons. The number of hydrogen-bond donors (Lipinski definition) is 0. The second-order valence-electron chi connectivity index (χ2n) is 4.21. The summed E-state index contributed by atoms with van der Waals surface area (Å²) in [6, 6.07) is 2.17. The fraction of sp³-hybridized carbons (Fsp3) is 0.889. The van der Waals surface area contributed by atoms with Gasteiger partial charge in [-0.1, -0.05) is 19.6 Å². The molecule has 0 amide bonds. The first-order valence-corrected chi connectivity index (χ1v) is 8.01. The molecular weight excluding hydrogens is 164 g/mol. The van der Waals surface area contributed by atoms with Gasteiger partial charge in [0.15, 0.2) is 0 Å². The van der Waals surface area contributed by atoms with Gasteiger partial charge in [-0.15, -0.1) is 0 Å². The summed E-state index contributed by atoms with van der Waals surface area (Å²) in [7, 11) is 1.12. The molecule has 0 aliphatic carbocycles. The van der Waals surface area contributed by atoms with Gasteiger partial charge >= 0.3 is 0 Å². The van der Waals surface area contributed by atoms with Gasteiger partial charge in [0.25, 0.3) is 0 Å². The van der Waals surface area contributed by atoms with E-state index in [1.54, 1.807) is 0 Å². The summed E-state index contributed by atoms with van der Waals surface area (Å²) in [4.78, 5) is 0. The maximum atomic E-state index is 8.34. The van der Waals surface area contributed by atoms with E-state index in [1.807, 2.05) is 0 Å². The second kappa shape index (κ2) is 5.34. The molecule has 0 spiro atoms. The van der Waals surface area contributed by atoms with Gasteiger partial charge in [0.05, 0.1) is 6.07 Å². The lowest BCUT2D eigenvalue weighted by Crippen LogP contribution is -2.43. The molecule has 0 aromatic rings. The Labute approximate surface area is 77.3 Å². The minimum Gasteiger partial charge on any atom is -0.327 e. The monoisotopic (exact) mass is 184 g/mol. The maximum Gasteiger partial charge on any atom is 0.118 e. The first kappa shape index (κ1) is 11.7. The van der Waals surface area contributed by atoms with Gasteiger partial charge < -0.3 is 4.57 Å². The first-order valence-electron chi connectivity index (χ1n) is 4.56. The molecule has 0 N–H and O–H groups in total. The van der Waals surface area contributed by atoms with Crippen LogP contribution in [0.3, 0.4) is 0 Å². The highest BCUT2D eigenvalue weighted by Crippen LogP contribution is 2.07. The quantitative estimate of drug-likeness (QED) is 0.485. The molecule has 0 rings (SSSR count). The van der Waals surface area contributed by atoms with Crippen molar-refractivity contribution in [3.63, 3.8) is 0 Å². The fourth-order valence-corrected chi connectivity index (χ4v) is 1.72.